The number of aryl methyl sites for hydroxylation is 2. The topological polar surface area (TPSA) is 108 Å². The van der Waals surface area contributed by atoms with Crippen molar-refractivity contribution in [1.29, 1.82) is 0 Å². The number of hydrogen-bond donors (Lipinski definition) is 3. The molecule has 8 heteroatoms. The monoisotopic (exact) mass is 563 g/mol. The van der Waals surface area contributed by atoms with Gasteiger partial charge in [0.1, 0.15) is 17.7 Å². The predicted molar refractivity (Wildman–Crippen MR) is 162 cm³/mol. The summed E-state index contributed by atoms with van der Waals surface area (Å²) in [4.78, 5) is 42.5. The Morgan fingerprint density at radius 2 is 1.61 bits per heavy atom. The van der Waals surface area contributed by atoms with Crippen molar-refractivity contribution >= 4 is 23.6 Å². The normalized spacial score (nSPS) is 13.5. The van der Waals surface area contributed by atoms with Gasteiger partial charge in [-0.2, -0.15) is 0 Å². The molecule has 8 nitrogen and oxygen atoms in total. The molecule has 0 spiro atoms. The van der Waals surface area contributed by atoms with Gasteiger partial charge >= 0.3 is 6.09 Å². The van der Waals surface area contributed by atoms with Crippen molar-refractivity contribution < 1.29 is 24.2 Å². The Bertz CT molecular complexity index is 1240. The number of terminal acetylenes is 1. The number of aliphatic hydroxyl groups is 1. The molecule has 41 heavy (non-hydrogen) atoms. The maximum atomic E-state index is 14.2. The van der Waals surface area contributed by atoms with Gasteiger partial charge in [-0.1, -0.05) is 56.2 Å². The largest absolute Gasteiger partial charge is 0.444 e. The fraction of sp³-hybridized carbons (Fsp3) is 0.485. The lowest BCUT2D eigenvalue weighted by Gasteiger charge is -2.39. The molecular weight excluding hydrogens is 518 g/mol. The molecule has 0 fully saturated rings. The summed E-state index contributed by atoms with van der Waals surface area (Å²) in [7, 11) is 0. The van der Waals surface area contributed by atoms with E-state index in [9.17, 15) is 19.5 Å². The number of carbonyl (C=O) groups is 3. The molecule has 0 heterocycles. The summed E-state index contributed by atoms with van der Waals surface area (Å²) in [5, 5.41) is 15.8. The average molecular weight is 564 g/mol. The van der Waals surface area contributed by atoms with Crippen LogP contribution in [0.4, 0.5) is 10.5 Å². The number of nitrogens with zero attached hydrogens (tertiary/aromatic N) is 1. The molecule has 0 aromatic heterocycles. The first-order valence-corrected chi connectivity index (χ1v) is 14.0. The molecule has 3 unspecified atom stereocenters. The standard InChI is InChI=1S/C33H45N3O5/c1-10-25-16-11-12-17-26(25)29(30(38)35-28-22(4)14-13-15-23(28)5)36(24(6)19-18-21(2)3)31(39)27(20-37)34-32(40)41-33(7,8)9/h1,11-17,21,24,27,29,37H,18-20H2,2-9H3,(H,34,40)(H,35,38). The third-order valence-electron chi connectivity index (χ3n) is 6.73. The van der Waals surface area contributed by atoms with Gasteiger partial charge in [-0.05, 0) is 83.1 Å². The maximum Gasteiger partial charge on any atom is 0.408 e. The fourth-order valence-corrected chi connectivity index (χ4v) is 4.62. The van der Waals surface area contributed by atoms with Gasteiger partial charge in [0, 0.05) is 17.3 Å². The van der Waals surface area contributed by atoms with E-state index >= 15 is 0 Å². The number of ether oxygens (including phenoxy) is 1. The minimum absolute atomic E-state index is 0.350. The molecule has 3 N–H and O–H groups in total. The van der Waals surface area contributed by atoms with E-state index in [1.54, 1.807) is 45.0 Å². The van der Waals surface area contributed by atoms with Crippen molar-refractivity contribution in [2.75, 3.05) is 11.9 Å². The summed E-state index contributed by atoms with van der Waals surface area (Å²) in [6.45, 7) is 14.2. The highest BCUT2D eigenvalue weighted by Gasteiger charge is 2.39. The number of para-hydroxylation sites is 1. The van der Waals surface area contributed by atoms with Crippen LogP contribution in [0.3, 0.4) is 0 Å². The Labute approximate surface area is 244 Å². The average Bonchev–Trinajstić information content (AvgIpc) is 2.89. The third kappa shape index (κ3) is 9.36. The molecule has 0 aliphatic heterocycles. The number of rotatable bonds is 11. The summed E-state index contributed by atoms with van der Waals surface area (Å²) >= 11 is 0. The van der Waals surface area contributed by atoms with Gasteiger partial charge in [0.15, 0.2) is 0 Å². The summed E-state index contributed by atoms with van der Waals surface area (Å²) < 4.78 is 5.34. The summed E-state index contributed by atoms with van der Waals surface area (Å²) in [5.41, 5.74) is 2.51. The van der Waals surface area contributed by atoms with Crippen molar-refractivity contribution in [2.45, 2.75) is 92.0 Å². The molecule has 0 bridgehead atoms. The van der Waals surface area contributed by atoms with Crippen LogP contribution in [0.5, 0.6) is 0 Å². The quantitative estimate of drug-likeness (QED) is 0.313. The molecule has 3 amide bonds. The van der Waals surface area contributed by atoms with Gasteiger partial charge < -0.3 is 25.4 Å². The highest BCUT2D eigenvalue weighted by molar-refractivity contribution is 6.00. The molecule has 222 valence electrons. The van der Waals surface area contributed by atoms with E-state index in [-0.39, 0.29) is 0 Å². The van der Waals surface area contributed by atoms with Crippen LogP contribution in [0, 0.1) is 32.1 Å². The van der Waals surface area contributed by atoms with E-state index < -0.39 is 48.2 Å². The van der Waals surface area contributed by atoms with Crippen LogP contribution in [0.25, 0.3) is 0 Å². The molecule has 0 aliphatic carbocycles. The van der Waals surface area contributed by atoms with Crippen molar-refractivity contribution in [1.82, 2.24) is 10.2 Å². The summed E-state index contributed by atoms with van der Waals surface area (Å²) in [6.07, 6.45) is 6.38. The van der Waals surface area contributed by atoms with Gasteiger partial charge in [0.25, 0.3) is 5.91 Å². The lowest BCUT2D eigenvalue weighted by molar-refractivity contribution is -0.144. The third-order valence-corrected chi connectivity index (χ3v) is 6.73. The number of hydrogen-bond acceptors (Lipinski definition) is 5. The Hall–Kier alpha value is -3.83. The first-order valence-electron chi connectivity index (χ1n) is 14.0. The smallest absolute Gasteiger partial charge is 0.408 e. The van der Waals surface area contributed by atoms with Crippen LogP contribution in [-0.4, -0.2) is 52.2 Å². The molecule has 2 aromatic rings. The maximum absolute atomic E-state index is 14.2. The minimum atomic E-state index is -1.35. The van der Waals surface area contributed by atoms with Crippen molar-refractivity contribution in [3.63, 3.8) is 0 Å². The number of carbonyl (C=O) groups excluding carboxylic acids is 3. The van der Waals surface area contributed by atoms with E-state index in [2.05, 4.69) is 30.4 Å². The van der Waals surface area contributed by atoms with E-state index in [4.69, 9.17) is 11.2 Å². The molecule has 0 saturated heterocycles. The lowest BCUT2D eigenvalue weighted by Crippen LogP contribution is -2.56. The Balaban J connectivity index is 2.68. The SMILES string of the molecule is C#Cc1ccccc1C(C(=O)Nc1c(C)cccc1C)N(C(=O)C(CO)NC(=O)OC(C)(C)C)C(C)CCC(C)C. The zero-order valence-electron chi connectivity index (χ0n) is 25.6. The van der Waals surface area contributed by atoms with Crippen LogP contribution in [0.1, 0.15) is 82.7 Å². The molecule has 0 aliphatic rings. The fourth-order valence-electron chi connectivity index (χ4n) is 4.62. The van der Waals surface area contributed by atoms with Gasteiger partial charge in [0.05, 0.1) is 6.61 Å². The second kappa shape index (κ2) is 14.7. The molecule has 0 saturated carbocycles. The van der Waals surface area contributed by atoms with Gasteiger partial charge in [0.2, 0.25) is 5.91 Å². The zero-order chi connectivity index (χ0) is 30.9. The second-order valence-electron chi connectivity index (χ2n) is 11.8. The molecule has 2 rings (SSSR count). The Kier molecular flexibility index (Phi) is 12.0. The number of aliphatic hydroxyl groups excluding tert-OH is 1. The van der Waals surface area contributed by atoms with E-state index in [1.807, 2.05) is 39.0 Å². The predicted octanol–water partition coefficient (Wildman–Crippen LogP) is 5.50. The van der Waals surface area contributed by atoms with Gasteiger partial charge in [-0.15, -0.1) is 6.42 Å². The highest BCUT2D eigenvalue weighted by Crippen LogP contribution is 2.31. The summed E-state index contributed by atoms with van der Waals surface area (Å²) in [5.74, 6) is 1.92. The first kappa shape index (κ1) is 33.4. The lowest BCUT2D eigenvalue weighted by atomic mass is 9.94. The number of nitrogens with one attached hydrogen (secondary N) is 2. The molecule has 2 aromatic carbocycles. The van der Waals surface area contributed by atoms with E-state index in [1.165, 1.54) is 4.90 Å². The molecule has 0 radical (unpaired) electrons. The number of anilines is 1. The number of alkyl carbamates (subject to hydrolysis) is 1. The number of amides is 3. The van der Waals surface area contributed by atoms with Crippen LogP contribution in [-0.2, 0) is 14.3 Å². The molecular formula is C33H45N3O5. The van der Waals surface area contributed by atoms with E-state index in [0.717, 1.165) is 17.5 Å². The highest BCUT2D eigenvalue weighted by atomic mass is 16.6. The van der Waals surface area contributed by atoms with Crippen molar-refractivity contribution in [3.05, 3.63) is 64.7 Å². The van der Waals surface area contributed by atoms with Crippen LogP contribution in [0.2, 0.25) is 0 Å². The van der Waals surface area contributed by atoms with Crippen LogP contribution < -0.4 is 10.6 Å². The van der Waals surface area contributed by atoms with E-state index in [0.29, 0.717) is 29.2 Å². The minimum Gasteiger partial charge on any atom is -0.444 e. The van der Waals surface area contributed by atoms with Crippen molar-refractivity contribution in [2.24, 2.45) is 5.92 Å². The van der Waals surface area contributed by atoms with Gasteiger partial charge in [-0.25, -0.2) is 4.79 Å². The van der Waals surface area contributed by atoms with Crippen molar-refractivity contribution in [3.8, 4) is 12.3 Å². The first-order chi connectivity index (χ1) is 19.2. The summed E-state index contributed by atoms with van der Waals surface area (Å²) in [6, 6.07) is 9.75. The number of benzene rings is 2. The van der Waals surface area contributed by atoms with Crippen LogP contribution in [0.15, 0.2) is 42.5 Å². The van der Waals surface area contributed by atoms with Crippen LogP contribution >= 0.6 is 0 Å². The Morgan fingerprint density at radius 1 is 1.00 bits per heavy atom. The molecule has 3 atom stereocenters. The van der Waals surface area contributed by atoms with Gasteiger partial charge in [-0.3, -0.25) is 9.59 Å². The zero-order valence-corrected chi connectivity index (χ0v) is 25.6. The second-order valence-corrected chi connectivity index (χ2v) is 11.8. The Morgan fingerprint density at radius 3 is 2.15 bits per heavy atom.